The third-order valence-corrected chi connectivity index (χ3v) is 40.2. The van der Waals surface area contributed by atoms with Crippen molar-refractivity contribution in [2.24, 2.45) is 71.0 Å². The number of carbonyl (C=O) groups is 6. The van der Waals surface area contributed by atoms with Gasteiger partial charge in [-0.3, -0.25) is 28.8 Å². The first-order valence-electron chi connectivity index (χ1n) is 48.7. The van der Waals surface area contributed by atoms with Crippen molar-refractivity contribution in [1.29, 1.82) is 0 Å². The smallest absolute Gasteiger partial charge is 0.309 e. The summed E-state index contributed by atoms with van der Waals surface area (Å²) in [7, 11) is -12.1. The summed E-state index contributed by atoms with van der Waals surface area (Å²) in [6.07, 6.45) is 23.4. The summed E-state index contributed by atoms with van der Waals surface area (Å²) >= 11 is 19.2. The number of benzene rings is 6. The number of hydrogen-bond acceptors (Lipinski definition) is 21. The number of carboxylic acid groups (broad SMARTS) is 3. The standard InChI is InChI=1S/3C35H43ClN2O7S/c3*1-21-6-4-15-35(42,22(2)33(40)41)29-11-8-26(29)18-38-19-34(14-5-7-24-16-27(36)10-12-28(24)34)20-45-31-13-9-25(17-30(31)38)32(39)37-46(43,44)23(21)3/h3*4,9-10,12-13,15-17,21-23,26,29,42H,5-8,11,14,18-20H2,1-3H3,(H,37,39)(H,40,41)/b3*15-4+/t21-,22+,23+,26-,29+,34-,35+;2*21-,22-,23+,26-,29+,34-,35-/m000/s1. The maximum atomic E-state index is 13.4. The van der Waals surface area contributed by atoms with Crippen molar-refractivity contribution in [3.8, 4) is 17.2 Å². The predicted octanol–water partition coefficient (Wildman–Crippen LogP) is 16.0. The number of aliphatic hydroxyl groups is 3. The summed E-state index contributed by atoms with van der Waals surface area (Å²) in [6, 6.07) is 33.1. The van der Waals surface area contributed by atoms with E-state index in [0.29, 0.717) is 128 Å². The number of sulfonamides is 3. The molecule has 18 rings (SSSR count). The largest absolute Gasteiger partial charge is 0.490 e. The van der Waals surface area contributed by atoms with Gasteiger partial charge < -0.3 is 59.5 Å². The van der Waals surface area contributed by atoms with E-state index in [9.17, 15) is 84.7 Å². The molecule has 3 spiro atoms. The number of nitrogens with zero attached hydrogens (tertiary/aromatic N) is 3. The number of nitrogens with one attached hydrogen (secondary N) is 3. The van der Waals surface area contributed by atoms with Crippen LogP contribution in [-0.2, 0) is 80.0 Å². The zero-order valence-corrected chi connectivity index (χ0v) is 84.3. The Hall–Kier alpha value is -9.24. The van der Waals surface area contributed by atoms with Crippen LogP contribution in [0.2, 0.25) is 15.1 Å². The molecule has 0 aromatic heterocycles. The molecule has 27 nitrogen and oxygen atoms in total. The summed E-state index contributed by atoms with van der Waals surface area (Å²) in [4.78, 5) is 83.8. The van der Waals surface area contributed by atoms with Crippen molar-refractivity contribution in [3.05, 3.63) is 211 Å². The molecule has 3 fully saturated rings. The van der Waals surface area contributed by atoms with Crippen LogP contribution in [0.4, 0.5) is 17.1 Å². The summed E-state index contributed by atoms with van der Waals surface area (Å²) in [5.74, 6) is -9.12. The molecule has 6 aromatic carbocycles. The molecule has 0 unspecified atom stereocenters. The van der Waals surface area contributed by atoms with Crippen LogP contribution >= 0.6 is 34.8 Å². The van der Waals surface area contributed by atoms with Crippen molar-refractivity contribution < 1.29 is 98.9 Å². The second kappa shape index (κ2) is 39.6. The topological polar surface area (TPSA) is 400 Å². The summed E-state index contributed by atoms with van der Waals surface area (Å²) in [5, 5.41) is 65.8. The van der Waals surface area contributed by atoms with Gasteiger partial charge in [-0.05, 0) is 335 Å². The molecule has 3 amide bonds. The zero-order chi connectivity index (χ0) is 99.1. The second-order valence-electron chi connectivity index (χ2n) is 41.9. The first kappa shape index (κ1) is 102. The number of amides is 3. The Morgan fingerprint density at radius 3 is 0.891 bits per heavy atom. The summed E-state index contributed by atoms with van der Waals surface area (Å²) < 4.78 is 106. The molecule has 0 saturated heterocycles. The molecule has 21 atom stereocenters. The quantitative estimate of drug-likeness (QED) is 0.0699. The average Bonchev–Trinajstić information content (AvgIpc) is 1.41. The van der Waals surface area contributed by atoms with E-state index in [1.54, 1.807) is 133 Å². The van der Waals surface area contributed by atoms with Gasteiger partial charge in [-0.2, -0.15) is 0 Å². The highest BCUT2D eigenvalue weighted by Crippen LogP contribution is 2.56. The highest BCUT2D eigenvalue weighted by Gasteiger charge is 2.57. The van der Waals surface area contributed by atoms with Crippen LogP contribution in [0.15, 0.2) is 146 Å². The molecule has 6 aromatic rings. The monoisotopic (exact) mass is 2010 g/mol. The van der Waals surface area contributed by atoms with Crippen molar-refractivity contribution in [2.75, 3.05) is 73.8 Å². The number of fused-ring (bicyclic) bond motifs is 12. The molecule has 33 heteroatoms. The minimum atomic E-state index is -4.05. The lowest BCUT2D eigenvalue weighted by molar-refractivity contribution is -0.157. The van der Waals surface area contributed by atoms with E-state index in [2.05, 4.69) is 47.1 Å². The molecular weight excluding hydrogens is 1880 g/mol. The summed E-state index contributed by atoms with van der Waals surface area (Å²) in [5.41, 5.74) is 3.74. The first-order valence-corrected chi connectivity index (χ1v) is 54.5. The van der Waals surface area contributed by atoms with Crippen molar-refractivity contribution in [3.63, 3.8) is 0 Å². The number of hydrogen-bond donors (Lipinski definition) is 9. The van der Waals surface area contributed by atoms with Crippen LogP contribution in [0.5, 0.6) is 17.2 Å². The Morgan fingerprint density at radius 1 is 0.391 bits per heavy atom. The van der Waals surface area contributed by atoms with Crippen LogP contribution in [0.3, 0.4) is 0 Å². The Balaban J connectivity index is 0.000000150. The number of aryl methyl sites for hydroxylation is 3. The number of halogens is 3. The Kier molecular flexibility index (Phi) is 29.2. The fourth-order valence-corrected chi connectivity index (χ4v) is 28.4. The van der Waals surface area contributed by atoms with Gasteiger partial charge >= 0.3 is 17.9 Å². The molecule has 0 radical (unpaired) electrons. The second-order valence-corrected chi connectivity index (χ2v) is 49.3. The molecule has 12 aliphatic rings. The zero-order valence-electron chi connectivity index (χ0n) is 79.6. The molecule has 744 valence electrons. The molecule has 138 heavy (non-hydrogen) atoms. The number of carboxylic acids is 3. The average molecular weight is 2010 g/mol. The lowest BCUT2D eigenvalue weighted by atomic mass is 9.60. The van der Waals surface area contributed by atoms with E-state index in [4.69, 9.17) is 49.0 Å². The molecule has 6 aliphatic heterocycles. The first-order chi connectivity index (χ1) is 65.2. The Labute approximate surface area is 824 Å². The van der Waals surface area contributed by atoms with Gasteiger partial charge in [-0.25, -0.2) is 39.4 Å². The van der Waals surface area contributed by atoms with Gasteiger partial charge in [-0.15, -0.1) is 0 Å². The van der Waals surface area contributed by atoms with E-state index in [1.807, 2.05) is 36.4 Å². The van der Waals surface area contributed by atoms with Gasteiger partial charge in [0.15, 0.2) is 0 Å². The minimum Gasteiger partial charge on any atom is -0.490 e. The van der Waals surface area contributed by atoms with Crippen LogP contribution in [-0.4, -0.2) is 183 Å². The van der Waals surface area contributed by atoms with Gasteiger partial charge in [0.2, 0.25) is 30.1 Å². The van der Waals surface area contributed by atoms with E-state index < -0.39 is 134 Å². The predicted molar refractivity (Wildman–Crippen MR) is 531 cm³/mol. The van der Waals surface area contributed by atoms with Gasteiger partial charge in [0.25, 0.3) is 17.7 Å². The number of ether oxygens (including phenoxy) is 3. The lowest BCUT2D eigenvalue weighted by Gasteiger charge is -2.50. The number of rotatable bonds is 6. The molecular formula is C105H129Cl3N6O21S3. The van der Waals surface area contributed by atoms with Gasteiger partial charge in [0.1, 0.15) is 17.2 Å². The molecule has 9 N–H and O–H groups in total. The maximum Gasteiger partial charge on any atom is 0.309 e. The van der Waals surface area contributed by atoms with Gasteiger partial charge in [0.05, 0.1) is 87.2 Å². The van der Waals surface area contributed by atoms with Crippen molar-refractivity contribution >= 4 is 118 Å². The highest BCUT2D eigenvalue weighted by molar-refractivity contribution is 7.91. The number of aliphatic carboxylic acids is 3. The van der Waals surface area contributed by atoms with Crippen LogP contribution in [0, 0.1) is 71.0 Å². The van der Waals surface area contributed by atoms with Crippen molar-refractivity contribution in [2.45, 2.75) is 227 Å². The van der Waals surface area contributed by atoms with E-state index in [-0.39, 0.29) is 87.7 Å². The van der Waals surface area contributed by atoms with E-state index in [0.717, 1.165) is 77.0 Å². The van der Waals surface area contributed by atoms with E-state index in [1.165, 1.54) is 54.2 Å². The molecule has 6 aliphatic carbocycles. The van der Waals surface area contributed by atoms with E-state index >= 15 is 0 Å². The molecule has 6 bridgehead atoms. The van der Waals surface area contributed by atoms with Crippen molar-refractivity contribution in [1.82, 2.24) is 14.2 Å². The Bertz CT molecular complexity index is 5620. The highest BCUT2D eigenvalue weighted by atomic mass is 35.5. The minimum absolute atomic E-state index is 0.0326. The third-order valence-electron chi connectivity index (χ3n) is 33.7. The molecule has 3 saturated carbocycles. The number of anilines is 3. The maximum absolute atomic E-state index is 13.4. The van der Waals surface area contributed by atoms with Crippen LogP contribution in [0.1, 0.15) is 223 Å². The fourth-order valence-electron chi connectivity index (χ4n) is 23.9. The van der Waals surface area contributed by atoms with Gasteiger partial charge in [0, 0.05) is 87.3 Å². The SMILES string of the molecule is C[C@@H]1[C@@H](C)C/C=C/[C@](O)([C@@H](C)C(=O)O)[C@@H]2CC[C@H]2CN2C[C@@]3(CCCc4cc(Cl)ccc43)COc3ccc(cc32)C(=O)NS1(=O)=O.C[C@@H]1[C@@H](C)C/C=C/[C@](O)([C@@H](C)C(=O)O)[C@@H]2CC[C@H]2CN2C[C@@]3(CCCc4cc(Cl)ccc43)COc3ccc(cc32)C(=O)NS1(=O)=O.C[C@H](C(=O)O)[C@]1(O)/C=C/C[C@H](C)[C@@H](C)S(=O)(=O)NC(=O)c2ccc3c(c2)N(C[C@@H]2CC[C@H]21)C[C@@]1(CCCc2cc(Cl)ccc21)CO3. The lowest BCUT2D eigenvalue weighted by Crippen LogP contribution is -2.55. The fraction of sp³-hybridized carbons (Fsp3) is 0.543. The van der Waals surface area contributed by atoms with Crippen LogP contribution in [0.25, 0.3) is 0 Å². The third kappa shape index (κ3) is 19.9. The Morgan fingerprint density at radius 2 is 0.652 bits per heavy atom. The normalized spacial score (nSPS) is 33.7. The van der Waals surface area contributed by atoms with Crippen LogP contribution < -0.4 is 43.1 Å². The number of carbonyl (C=O) groups excluding carboxylic acids is 3. The molecule has 6 heterocycles. The summed E-state index contributed by atoms with van der Waals surface area (Å²) in [6.45, 7) is 19.0. The number of allylic oxidation sites excluding steroid dienone is 3. The van der Waals surface area contributed by atoms with Gasteiger partial charge in [-0.1, -0.05) is 110 Å².